The van der Waals surface area contributed by atoms with Gasteiger partial charge in [0.1, 0.15) is 24.9 Å². The zero-order valence-electron chi connectivity index (χ0n) is 17.1. The van der Waals surface area contributed by atoms with Crippen LogP contribution in [0.25, 0.3) is 16.9 Å². The molecule has 0 saturated carbocycles. The van der Waals surface area contributed by atoms with Crippen molar-refractivity contribution < 1.29 is 22.6 Å². The van der Waals surface area contributed by atoms with Crippen LogP contribution in [0.1, 0.15) is 33.9 Å². The standard InChI is InChI=1S/C18H24F3N7O2/c1-5-29-12(4)27-8-13(7-23-27)14-15(30-11(3)16(20)21)17-25-18(24-10(2)6-19)26-28(17)9-22-14/h7-12,16H,5-6H2,1-4H3,(H,24,26)/t10-,11?,12?/m0/s1. The molecule has 0 spiro atoms. The highest BCUT2D eigenvalue weighted by molar-refractivity contribution is 5.74. The molecule has 12 heteroatoms. The summed E-state index contributed by atoms with van der Waals surface area (Å²) in [6.07, 6.45) is 0.154. The van der Waals surface area contributed by atoms with E-state index in [0.717, 1.165) is 0 Å². The molecule has 3 aromatic heterocycles. The van der Waals surface area contributed by atoms with Gasteiger partial charge in [-0.1, -0.05) is 0 Å². The van der Waals surface area contributed by atoms with E-state index in [9.17, 15) is 13.2 Å². The Kier molecular flexibility index (Phi) is 6.75. The van der Waals surface area contributed by atoms with Gasteiger partial charge in [0.05, 0.1) is 12.2 Å². The van der Waals surface area contributed by atoms with Crippen LogP contribution in [0, 0.1) is 0 Å². The van der Waals surface area contributed by atoms with E-state index in [0.29, 0.717) is 12.2 Å². The molecule has 2 unspecified atom stereocenters. The number of anilines is 1. The van der Waals surface area contributed by atoms with Crippen molar-refractivity contribution in [2.75, 3.05) is 18.6 Å². The normalized spacial score (nSPS) is 14.8. The molecule has 0 aliphatic heterocycles. The van der Waals surface area contributed by atoms with Crippen LogP contribution in [0.5, 0.6) is 5.75 Å². The molecule has 30 heavy (non-hydrogen) atoms. The fourth-order valence-electron chi connectivity index (χ4n) is 2.68. The van der Waals surface area contributed by atoms with Crippen molar-refractivity contribution >= 4 is 11.6 Å². The molecule has 0 amide bonds. The van der Waals surface area contributed by atoms with Crippen molar-refractivity contribution in [1.29, 1.82) is 0 Å². The molecule has 3 atom stereocenters. The van der Waals surface area contributed by atoms with E-state index in [2.05, 4.69) is 25.5 Å². The molecule has 1 N–H and O–H groups in total. The van der Waals surface area contributed by atoms with Crippen molar-refractivity contribution in [3.63, 3.8) is 0 Å². The number of hydrogen-bond donors (Lipinski definition) is 1. The molecule has 3 rings (SSSR count). The van der Waals surface area contributed by atoms with Gasteiger partial charge in [-0.3, -0.25) is 0 Å². The van der Waals surface area contributed by atoms with E-state index < -0.39 is 25.2 Å². The van der Waals surface area contributed by atoms with Crippen molar-refractivity contribution in [2.45, 2.75) is 52.5 Å². The third-order valence-electron chi connectivity index (χ3n) is 4.27. The largest absolute Gasteiger partial charge is 0.478 e. The van der Waals surface area contributed by atoms with E-state index in [1.807, 2.05) is 13.8 Å². The maximum Gasteiger partial charge on any atom is 0.274 e. The molecule has 9 nitrogen and oxygen atoms in total. The molecule has 0 aliphatic rings. The summed E-state index contributed by atoms with van der Waals surface area (Å²) in [6, 6.07) is -0.516. The summed E-state index contributed by atoms with van der Waals surface area (Å²) in [5.41, 5.74) is 0.990. The first-order valence-electron chi connectivity index (χ1n) is 9.52. The van der Waals surface area contributed by atoms with Crippen LogP contribution in [0.15, 0.2) is 18.7 Å². The van der Waals surface area contributed by atoms with E-state index >= 15 is 0 Å². The molecular formula is C18H24F3N7O2. The summed E-state index contributed by atoms with van der Waals surface area (Å²) in [5, 5.41) is 11.2. The lowest BCUT2D eigenvalue weighted by Crippen LogP contribution is -2.22. The van der Waals surface area contributed by atoms with Crippen LogP contribution in [0.3, 0.4) is 0 Å². The van der Waals surface area contributed by atoms with E-state index in [-0.39, 0.29) is 29.3 Å². The number of halogens is 3. The number of alkyl halides is 3. The molecule has 164 valence electrons. The monoisotopic (exact) mass is 427 g/mol. The van der Waals surface area contributed by atoms with E-state index in [1.165, 1.54) is 24.0 Å². The van der Waals surface area contributed by atoms with Crippen molar-refractivity contribution in [3.05, 3.63) is 18.7 Å². The van der Waals surface area contributed by atoms with Crippen molar-refractivity contribution in [3.8, 4) is 17.0 Å². The Morgan fingerprint density at radius 3 is 2.67 bits per heavy atom. The zero-order chi connectivity index (χ0) is 21.8. The Labute approximate surface area is 171 Å². The minimum Gasteiger partial charge on any atom is -0.478 e. The van der Waals surface area contributed by atoms with Gasteiger partial charge in [0.15, 0.2) is 11.9 Å². The van der Waals surface area contributed by atoms with Crippen LogP contribution in [-0.4, -0.2) is 61.2 Å². The number of nitrogens with zero attached hydrogens (tertiary/aromatic N) is 6. The Hall–Kier alpha value is -2.89. The number of rotatable bonds is 10. The lowest BCUT2D eigenvalue weighted by atomic mass is 10.2. The molecule has 0 aromatic carbocycles. The van der Waals surface area contributed by atoms with Crippen molar-refractivity contribution in [1.82, 2.24) is 29.4 Å². The zero-order valence-corrected chi connectivity index (χ0v) is 17.1. The minimum atomic E-state index is -2.72. The first-order valence-corrected chi connectivity index (χ1v) is 9.52. The number of ether oxygens (including phenoxy) is 2. The van der Waals surface area contributed by atoms with Gasteiger partial charge in [-0.2, -0.15) is 14.6 Å². The topological polar surface area (TPSA) is 91.4 Å². The highest BCUT2D eigenvalue weighted by Gasteiger charge is 2.24. The third kappa shape index (κ3) is 4.64. The van der Waals surface area contributed by atoms with Gasteiger partial charge in [-0.25, -0.2) is 22.8 Å². The van der Waals surface area contributed by atoms with Crippen molar-refractivity contribution in [2.24, 2.45) is 0 Å². The second-order valence-corrected chi connectivity index (χ2v) is 6.75. The lowest BCUT2D eigenvalue weighted by molar-refractivity contribution is 0.0160. The number of hydrogen-bond acceptors (Lipinski definition) is 7. The van der Waals surface area contributed by atoms with Crippen LogP contribution in [0.4, 0.5) is 19.1 Å². The van der Waals surface area contributed by atoms with Gasteiger partial charge in [0.2, 0.25) is 11.6 Å². The second kappa shape index (κ2) is 9.28. The molecule has 3 heterocycles. The van der Waals surface area contributed by atoms with Crippen LogP contribution >= 0.6 is 0 Å². The quantitative estimate of drug-likeness (QED) is 0.531. The Balaban J connectivity index is 2.06. The third-order valence-corrected chi connectivity index (χ3v) is 4.27. The molecule has 0 fully saturated rings. The SMILES string of the molecule is CCOC(C)n1cc(-c2ncn3nc(N[C@@H](C)CF)nc3c2OC(C)C(F)F)cn1. The number of nitrogens with one attached hydrogen (secondary N) is 1. The predicted molar refractivity (Wildman–Crippen MR) is 103 cm³/mol. The minimum absolute atomic E-state index is 0.0300. The average molecular weight is 427 g/mol. The van der Waals surface area contributed by atoms with Gasteiger partial charge in [0, 0.05) is 18.4 Å². The molecule has 0 bridgehead atoms. The maximum absolute atomic E-state index is 13.2. The summed E-state index contributed by atoms with van der Waals surface area (Å²) >= 11 is 0. The molecule has 0 aliphatic carbocycles. The number of fused-ring (bicyclic) bond motifs is 1. The molecule has 3 aromatic rings. The highest BCUT2D eigenvalue weighted by atomic mass is 19.3. The second-order valence-electron chi connectivity index (χ2n) is 6.75. The van der Waals surface area contributed by atoms with E-state index in [1.54, 1.807) is 17.8 Å². The maximum atomic E-state index is 13.2. The van der Waals surface area contributed by atoms with Crippen LogP contribution < -0.4 is 10.1 Å². The summed E-state index contributed by atoms with van der Waals surface area (Å²) in [4.78, 5) is 8.60. The predicted octanol–water partition coefficient (Wildman–Crippen LogP) is 3.35. The fourth-order valence-corrected chi connectivity index (χ4v) is 2.68. The average Bonchev–Trinajstić information content (AvgIpc) is 3.35. The van der Waals surface area contributed by atoms with E-state index in [4.69, 9.17) is 9.47 Å². The first kappa shape index (κ1) is 21.8. The summed E-state index contributed by atoms with van der Waals surface area (Å²) in [7, 11) is 0. The first-order chi connectivity index (χ1) is 14.3. The van der Waals surface area contributed by atoms with Gasteiger partial charge >= 0.3 is 0 Å². The highest BCUT2D eigenvalue weighted by Crippen LogP contribution is 2.33. The fraction of sp³-hybridized carbons (Fsp3) is 0.556. The lowest BCUT2D eigenvalue weighted by Gasteiger charge is -2.16. The molecule has 0 saturated heterocycles. The van der Waals surface area contributed by atoms with Crippen LogP contribution in [-0.2, 0) is 4.74 Å². The number of aromatic nitrogens is 6. The summed E-state index contributed by atoms with van der Waals surface area (Å²) < 4.78 is 53.1. The summed E-state index contributed by atoms with van der Waals surface area (Å²) in [5.74, 6) is 0.164. The Morgan fingerprint density at radius 1 is 1.23 bits per heavy atom. The molecular weight excluding hydrogens is 403 g/mol. The Bertz CT molecular complexity index is 978. The van der Waals surface area contributed by atoms with Gasteiger partial charge < -0.3 is 14.8 Å². The smallest absolute Gasteiger partial charge is 0.274 e. The van der Waals surface area contributed by atoms with Gasteiger partial charge in [0.25, 0.3) is 6.43 Å². The molecule has 0 radical (unpaired) electrons. The van der Waals surface area contributed by atoms with Gasteiger partial charge in [-0.15, -0.1) is 5.10 Å². The van der Waals surface area contributed by atoms with Gasteiger partial charge in [-0.05, 0) is 27.7 Å². The Morgan fingerprint density at radius 2 is 2.00 bits per heavy atom. The summed E-state index contributed by atoms with van der Waals surface area (Å²) in [6.45, 7) is 6.46. The van der Waals surface area contributed by atoms with Crippen LogP contribution in [0.2, 0.25) is 0 Å².